The van der Waals surface area contributed by atoms with Crippen LogP contribution in [-0.2, 0) is 16.7 Å². The number of benzene rings is 2. The van der Waals surface area contributed by atoms with Gasteiger partial charge in [-0.05, 0) is 30.9 Å². The zero-order chi connectivity index (χ0) is 19.8. The van der Waals surface area contributed by atoms with Crippen molar-refractivity contribution in [2.45, 2.75) is 25.3 Å². The molecule has 2 aromatic carbocycles. The molecule has 0 aliphatic rings. The zero-order valence-electron chi connectivity index (χ0n) is 14.6. The number of aryl methyl sites for hydroxylation is 1. The van der Waals surface area contributed by atoms with Crippen LogP contribution in [0.3, 0.4) is 0 Å². The molecule has 27 heavy (non-hydrogen) atoms. The van der Waals surface area contributed by atoms with Crippen LogP contribution in [0.1, 0.15) is 12.5 Å². The molecule has 1 heterocycles. The van der Waals surface area contributed by atoms with Gasteiger partial charge in [0.2, 0.25) is 5.88 Å². The lowest BCUT2D eigenvalue weighted by molar-refractivity contribution is 0.412. The fourth-order valence-electron chi connectivity index (χ4n) is 2.85. The molecule has 2 N–H and O–H groups in total. The van der Waals surface area contributed by atoms with Gasteiger partial charge in [0.25, 0.3) is 15.7 Å². The lowest BCUT2D eigenvalue weighted by Gasteiger charge is -2.10. The molecule has 0 saturated heterocycles. The quantitative estimate of drug-likeness (QED) is 0.522. The van der Waals surface area contributed by atoms with E-state index in [0.717, 1.165) is 4.57 Å². The number of hydrogen-bond donors (Lipinski definition) is 2. The van der Waals surface area contributed by atoms with Gasteiger partial charge in [0.1, 0.15) is 16.3 Å². The molecule has 0 saturated carbocycles. The topological polar surface area (TPSA) is 121 Å². The van der Waals surface area contributed by atoms with Gasteiger partial charge in [-0.1, -0.05) is 30.3 Å². The molecule has 9 heteroatoms. The van der Waals surface area contributed by atoms with Gasteiger partial charge in [0.05, 0.1) is 0 Å². The normalized spacial score (nSPS) is 12.1. The van der Waals surface area contributed by atoms with E-state index in [9.17, 15) is 22.9 Å². The van der Waals surface area contributed by atoms with Crippen molar-refractivity contribution in [3.63, 3.8) is 0 Å². The summed E-state index contributed by atoms with van der Waals surface area (Å²) in [6, 6.07) is 11.0. The monoisotopic (exact) mass is 387 g/mol. The van der Waals surface area contributed by atoms with Gasteiger partial charge in [-0.15, -0.1) is 10.2 Å². The van der Waals surface area contributed by atoms with E-state index in [4.69, 9.17) is 0 Å². The first-order valence-corrected chi connectivity index (χ1v) is 9.52. The summed E-state index contributed by atoms with van der Waals surface area (Å²) in [4.78, 5) is 11.5. The predicted molar refractivity (Wildman–Crippen MR) is 101 cm³/mol. The Bertz CT molecular complexity index is 1230. The van der Waals surface area contributed by atoms with E-state index in [0.29, 0.717) is 16.3 Å². The number of aromatic hydroxyl groups is 1. The summed E-state index contributed by atoms with van der Waals surface area (Å²) in [5.41, 5.74) is -0.0222. The van der Waals surface area contributed by atoms with Crippen molar-refractivity contribution in [3.8, 4) is 5.88 Å². The van der Waals surface area contributed by atoms with E-state index in [1.165, 1.54) is 12.1 Å². The first-order chi connectivity index (χ1) is 12.7. The Hall–Kier alpha value is -3.04. The minimum Gasteiger partial charge on any atom is -0.493 e. The second kappa shape index (κ2) is 6.93. The maximum atomic E-state index is 11.9. The summed E-state index contributed by atoms with van der Waals surface area (Å²) < 4.78 is 34.6. The molecule has 0 spiro atoms. The predicted octanol–water partition coefficient (Wildman–Crippen LogP) is 3.70. The van der Waals surface area contributed by atoms with E-state index in [1.54, 1.807) is 44.2 Å². The van der Waals surface area contributed by atoms with Gasteiger partial charge < -0.3 is 5.11 Å². The van der Waals surface area contributed by atoms with Gasteiger partial charge >= 0.3 is 0 Å². The van der Waals surface area contributed by atoms with Crippen molar-refractivity contribution in [3.05, 3.63) is 58.4 Å². The van der Waals surface area contributed by atoms with Crippen LogP contribution in [0.25, 0.3) is 10.8 Å². The molecule has 0 aliphatic heterocycles. The molecule has 1 aromatic heterocycles. The van der Waals surface area contributed by atoms with Gasteiger partial charge in [0.15, 0.2) is 0 Å². The van der Waals surface area contributed by atoms with Crippen LogP contribution in [0.4, 0.5) is 11.4 Å². The van der Waals surface area contributed by atoms with Crippen LogP contribution in [0, 0.1) is 6.92 Å². The van der Waals surface area contributed by atoms with Crippen LogP contribution in [0.2, 0.25) is 0 Å². The molecule has 0 fully saturated rings. The molecule has 3 rings (SSSR count). The minimum atomic E-state index is -4.58. The van der Waals surface area contributed by atoms with Crippen molar-refractivity contribution in [1.29, 1.82) is 0 Å². The van der Waals surface area contributed by atoms with Crippen LogP contribution < -0.4 is 5.56 Å². The van der Waals surface area contributed by atoms with Crippen molar-refractivity contribution in [1.82, 2.24) is 4.57 Å². The van der Waals surface area contributed by atoms with Crippen molar-refractivity contribution in [2.24, 2.45) is 10.2 Å². The average Bonchev–Trinajstić information content (AvgIpc) is 2.60. The SMILES string of the molecule is CCn1c(O)c(N=Nc2ccc3ccccc3c2S(=O)(=O)O)c(C)cc1=O. The van der Waals surface area contributed by atoms with Crippen LogP contribution in [0.5, 0.6) is 5.88 Å². The Morgan fingerprint density at radius 3 is 2.48 bits per heavy atom. The Kier molecular flexibility index (Phi) is 4.81. The number of pyridine rings is 1. The molecular weight excluding hydrogens is 370 g/mol. The molecule has 0 radical (unpaired) electrons. The highest BCUT2D eigenvalue weighted by Crippen LogP contribution is 2.35. The highest BCUT2D eigenvalue weighted by Gasteiger charge is 2.20. The third kappa shape index (κ3) is 3.46. The fraction of sp³-hybridized carbons (Fsp3) is 0.167. The van der Waals surface area contributed by atoms with Gasteiger partial charge in [0, 0.05) is 18.0 Å². The Morgan fingerprint density at radius 2 is 1.81 bits per heavy atom. The van der Waals surface area contributed by atoms with Crippen LogP contribution >= 0.6 is 0 Å². The first-order valence-electron chi connectivity index (χ1n) is 8.08. The number of nitrogens with zero attached hydrogens (tertiary/aromatic N) is 3. The summed E-state index contributed by atoms with van der Waals surface area (Å²) in [6.45, 7) is 3.51. The van der Waals surface area contributed by atoms with E-state index >= 15 is 0 Å². The zero-order valence-corrected chi connectivity index (χ0v) is 15.4. The smallest absolute Gasteiger partial charge is 0.297 e. The molecule has 0 aliphatic carbocycles. The standard InChI is InChI=1S/C18H17N3O5S/c1-3-21-15(22)10-11(2)16(18(21)23)20-19-14-9-8-12-6-4-5-7-13(12)17(14)27(24,25)26/h4-10,23H,3H2,1-2H3,(H,24,25,26). The second-order valence-corrected chi connectivity index (χ2v) is 7.25. The lowest BCUT2D eigenvalue weighted by atomic mass is 10.1. The van der Waals surface area contributed by atoms with E-state index < -0.39 is 10.1 Å². The summed E-state index contributed by atoms with van der Waals surface area (Å²) in [7, 11) is -4.58. The third-order valence-electron chi connectivity index (χ3n) is 4.14. The maximum Gasteiger partial charge on any atom is 0.297 e. The Labute approximate surface area is 155 Å². The molecule has 8 nitrogen and oxygen atoms in total. The minimum absolute atomic E-state index is 0.0471. The highest BCUT2D eigenvalue weighted by molar-refractivity contribution is 7.86. The second-order valence-electron chi connectivity index (χ2n) is 5.89. The van der Waals surface area contributed by atoms with Crippen molar-refractivity contribution >= 4 is 32.3 Å². The number of aromatic nitrogens is 1. The maximum absolute atomic E-state index is 11.9. The lowest BCUT2D eigenvalue weighted by Crippen LogP contribution is -2.18. The summed E-state index contributed by atoms with van der Waals surface area (Å²) in [5, 5.41) is 19.1. The number of fused-ring (bicyclic) bond motifs is 1. The molecule has 0 unspecified atom stereocenters. The fourth-order valence-corrected chi connectivity index (χ4v) is 3.69. The molecule has 0 amide bonds. The van der Waals surface area contributed by atoms with Crippen LogP contribution in [-0.4, -0.2) is 22.6 Å². The molecular formula is C18H17N3O5S. The largest absolute Gasteiger partial charge is 0.493 e. The van der Waals surface area contributed by atoms with Crippen molar-refractivity contribution in [2.75, 3.05) is 0 Å². The summed E-state index contributed by atoms with van der Waals surface area (Å²) in [5.74, 6) is -0.361. The summed E-state index contributed by atoms with van der Waals surface area (Å²) in [6.07, 6.45) is 0. The average molecular weight is 387 g/mol. The van der Waals surface area contributed by atoms with Gasteiger partial charge in [-0.2, -0.15) is 8.42 Å². The number of hydrogen-bond acceptors (Lipinski definition) is 6. The molecule has 0 atom stereocenters. The molecule has 0 bridgehead atoms. The van der Waals surface area contributed by atoms with Crippen LogP contribution in [0.15, 0.2) is 62.4 Å². The first kappa shape index (κ1) is 18.7. The molecule has 3 aromatic rings. The van der Waals surface area contributed by atoms with E-state index in [2.05, 4.69) is 10.2 Å². The Morgan fingerprint density at radius 1 is 1.11 bits per heavy atom. The van der Waals surface area contributed by atoms with E-state index in [-0.39, 0.29) is 34.3 Å². The molecule has 140 valence electrons. The third-order valence-corrected chi connectivity index (χ3v) is 5.08. The highest BCUT2D eigenvalue weighted by atomic mass is 32.2. The number of azo groups is 1. The van der Waals surface area contributed by atoms with Gasteiger partial charge in [-0.3, -0.25) is 13.9 Å². The summed E-state index contributed by atoms with van der Waals surface area (Å²) >= 11 is 0. The van der Waals surface area contributed by atoms with Crippen molar-refractivity contribution < 1.29 is 18.1 Å². The van der Waals surface area contributed by atoms with Gasteiger partial charge in [-0.25, -0.2) is 0 Å². The van der Waals surface area contributed by atoms with E-state index in [1.807, 2.05) is 0 Å². The Balaban J connectivity index is 2.23. The number of rotatable bonds is 4.